The number of carbonyl (C=O) groups excluding carboxylic acids is 1. The molecule has 0 spiro atoms. The Hall–Kier alpha value is -0.440. The van der Waals surface area contributed by atoms with Crippen molar-refractivity contribution in [2.45, 2.75) is 83.4 Å². The van der Waals surface area contributed by atoms with Gasteiger partial charge in [-0.05, 0) is 75.0 Å². The number of halogens is 1. The summed E-state index contributed by atoms with van der Waals surface area (Å²) in [5.41, 5.74) is -1.78. The predicted octanol–water partition coefficient (Wildman–Crippen LogP) is 4.30. The maximum absolute atomic E-state index is 16.1. The lowest BCUT2D eigenvalue weighted by molar-refractivity contribution is -0.168. The minimum Gasteiger partial charge on any atom is -0.390 e. The first kappa shape index (κ1) is 16.1. The van der Waals surface area contributed by atoms with Crippen molar-refractivity contribution >= 4 is 5.78 Å². The number of fused-ring (bicyclic) bond motifs is 5. The van der Waals surface area contributed by atoms with Crippen LogP contribution in [0.3, 0.4) is 0 Å². The first-order chi connectivity index (χ1) is 10.7. The van der Waals surface area contributed by atoms with Gasteiger partial charge in [-0.3, -0.25) is 4.79 Å². The second-order valence-corrected chi connectivity index (χ2v) is 9.62. The molecule has 0 heterocycles. The van der Waals surface area contributed by atoms with E-state index in [1.165, 1.54) is 0 Å². The van der Waals surface area contributed by atoms with Gasteiger partial charge in [-0.2, -0.15) is 0 Å². The Morgan fingerprint density at radius 2 is 1.78 bits per heavy atom. The standard InChI is InChI=1S/C20H31FO2/c1-12-11-20(21)13(10-17(12)22)4-5-14-15-7-9-19(3,23)18(15,2)8-6-16(14)20/h12-16,23H,4-11H2,1-3H3. The molecule has 130 valence electrons. The third kappa shape index (κ3) is 1.98. The van der Waals surface area contributed by atoms with Crippen LogP contribution in [0.25, 0.3) is 0 Å². The van der Waals surface area contributed by atoms with Crippen molar-refractivity contribution < 1.29 is 14.3 Å². The summed E-state index contributed by atoms with van der Waals surface area (Å²) in [7, 11) is 0. The highest BCUT2D eigenvalue weighted by atomic mass is 19.1. The second-order valence-electron chi connectivity index (χ2n) is 9.62. The van der Waals surface area contributed by atoms with Crippen LogP contribution in [-0.2, 0) is 4.79 Å². The predicted molar refractivity (Wildman–Crippen MR) is 87.6 cm³/mol. The highest BCUT2D eigenvalue weighted by Gasteiger charge is 2.65. The lowest BCUT2D eigenvalue weighted by Crippen LogP contribution is -2.59. The maximum Gasteiger partial charge on any atom is 0.136 e. The smallest absolute Gasteiger partial charge is 0.136 e. The van der Waals surface area contributed by atoms with Gasteiger partial charge >= 0.3 is 0 Å². The van der Waals surface area contributed by atoms with Crippen LogP contribution < -0.4 is 0 Å². The van der Waals surface area contributed by atoms with Crippen molar-refractivity contribution in [1.29, 1.82) is 0 Å². The van der Waals surface area contributed by atoms with Crippen LogP contribution in [0.1, 0.15) is 72.1 Å². The van der Waals surface area contributed by atoms with E-state index < -0.39 is 11.3 Å². The number of Topliss-reactive ketones (excluding diaryl/α,β-unsaturated/α-hetero) is 1. The quantitative estimate of drug-likeness (QED) is 0.722. The van der Waals surface area contributed by atoms with Crippen molar-refractivity contribution in [3.05, 3.63) is 0 Å². The summed E-state index contributed by atoms with van der Waals surface area (Å²) in [5, 5.41) is 10.9. The molecule has 4 aliphatic carbocycles. The first-order valence-electron chi connectivity index (χ1n) is 9.63. The molecule has 0 aromatic rings. The number of carbonyl (C=O) groups is 1. The monoisotopic (exact) mass is 322 g/mol. The molecule has 8 unspecified atom stereocenters. The molecule has 4 aliphatic rings. The molecule has 0 saturated heterocycles. The molecule has 0 aromatic carbocycles. The third-order valence-electron chi connectivity index (χ3n) is 8.76. The van der Waals surface area contributed by atoms with Crippen molar-refractivity contribution in [3.8, 4) is 0 Å². The lowest BCUT2D eigenvalue weighted by atomic mass is 9.47. The molecular formula is C20H31FO2. The van der Waals surface area contributed by atoms with E-state index >= 15 is 4.39 Å². The zero-order valence-corrected chi connectivity index (χ0v) is 14.8. The summed E-state index contributed by atoms with van der Waals surface area (Å²) in [5.74, 6) is 1.09. The normalized spacial score (nSPS) is 59.2. The minimum absolute atomic E-state index is 0.0429. The van der Waals surface area contributed by atoms with Crippen molar-refractivity contribution in [3.63, 3.8) is 0 Å². The van der Waals surface area contributed by atoms with Gasteiger partial charge in [-0.1, -0.05) is 13.8 Å². The van der Waals surface area contributed by atoms with Gasteiger partial charge in [0.05, 0.1) is 5.60 Å². The van der Waals surface area contributed by atoms with E-state index in [0.717, 1.165) is 38.5 Å². The van der Waals surface area contributed by atoms with Crippen LogP contribution in [0.5, 0.6) is 0 Å². The molecule has 2 nitrogen and oxygen atoms in total. The summed E-state index contributed by atoms with van der Waals surface area (Å²) >= 11 is 0. The van der Waals surface area contributed by atoms with Crippen LogP contribution >= 0.6 is 0 Å². The zero-order valence-electron chi connectivity index (χ0n) is 14.8. The molecule has 4 rings (SSSR count). The van der Waals surface area contributed by atoms with Gasteiger partial charge in [0, 0.05) is 18.3 Å². The van der Waals surface area contributed by atoms with E-state index in [-0.39, 0.29) is 29.0 Å². The summed E-state index contributed by atoms with van der Waals surface area (Å²) in [6.07, 6.45) is 6.55. The molecule has 4 saturated carbocycles. The van der Waals surface area contributed by atoms with Gasteiger partial charge in [-0.25, -0.2) is 4.39 Å². The van der Waals surface area contributed by atoms with Gasteiger partial charge in [0.1, 0.15) is 11.5 Å². The fraction of sp³-hybridized carbons (Fsp3) is 0.950. The van der Waals surface area contributed by atoms with Crippen LogP contribution in [0.2, 0.25) is 0 Å². The Labute approximate surface area is 139 Å². The Bertz CT molecular complexity index is 530. The molecule has 23 heavy (non-hydrogen) atoms. The molecule has 3 heteroatoms. The number of ketones is 1. The Balaban J connectivity index is 1.66. The third-order valence-corrected chi connectivity index (χ3v) is 8.76. The molecular weight excluding hydrogens is 291 g/mol. The average molecular weight is 322 g/mol. The van der Waals surface area contributed by atoms with E-state index in [4.69, 9.17) is 0 Å². The van der Waals surface area contributed by atoms with E-state index in [9.17, 15) is 9.90 Å². The van der Waals surface area contributed by atoms with E-state index in [1.54, 1.807) is 0 Å². The molecule has 4 fully saturated rings. The highest BCUT2D eigenvalue weighted by Crippen LogP contribution is 2.66. The zero-order chi connectivity index (χ0) is 16.6. The summed E-state index contributed by atoms with van der Waals surface area (Å²) in [6, 6.07) is 0. The van der Waals surface area contributed by atoms with Crippen LogP contribution in [0, 0.1) is 35.0 Å². The molecule has 0 bridgehead atoms. The van der Waals surface area contributed by atoms with E-state index in [2.05, 4.69) is 6.92 Å². The number of rotatable bonds is 0. The largest absolute Gasteiger partial charge is 0.390 e. The number of hydrogen-bond donors (Lipinski definition) is 1. The van der Waals surface area contributed by atoms with Gasteiger partial charge < -0.3 is 5.11 Å². The van der Waals surface area contributed by atoms with Gasteiger partial charge in [0.2, 0.25) is 0 Å². The van der Waals surface area contributed by atoms with E-state index in [1.807, 2.05) is 13.8 Å². The highest BCUT2D eigenvalue weighted by molar-refractivity contribution is 5.82. The average Bonchev–Trinajstić information content (AvgIpc) is 2.71. The fourth-order valence-electron chi connectivity index (χ4n) is 7.08. The second kappa shape index (κ2) is 4.80. The van der Waals surface area contributed by atoms with Crippen molar-refractivity contribution in [2.75, 3.05) is 0 Å². The minimum atomic E-state index is -1.13. The van der Waals surface area contributed by atoms with Crippen LogP contribution in [-0.4, -0.2) is 22.2 Å². The molecule has 1 N–H and O–H groups in total. The molecule has 0 amide bonds. The number of aliphatic hydroxyl groups is 1. The van der Waals surface area contributed by atoms with Gasteiger partial charge in [-0.15, -0.1) is 0 Å². The Kier molecular flexibility index (Phi) is 3.35. The maximum atomic E-state index is 16.1. The Morgan fingerprint density at radius 3 is 2.52 bits per heavy atom. The van der Waals surface area contributed by atoms with Crippen LogP contribution in [0.4, 0.5) is 4.39 Å². The first-order valence-corrected chi connectivity index (χ1v) is 9.63. The Morgan fingerprint density at radius 1 is 1.09 bits per heavy atom. The summed E-state index contributed by atoms with van der Waals surface area (Å²) in [6.45, 7) is 6.15. The molecule has 8 atom stereocenters. The van der Waals surface area contributed by atoms with Gasteiger partial charge in [0.15, 0.2) is 0 Å². The number of hydrogen-bond acceptors (Lipinski definition) is 2. The SMILES string of the molecule is CC1CC2(F)C(CCC3C2CCC2(C)C3CCC2(C)O)CC1=O. The summed E-state index contributed by atoms with van der Waals surface area (Å²) in [4.78, 5) is 12.1. The molecule has 0 aromatic heterocycles. The summed E-state index contributed by atoms with van der Waals surface area (Å²) < 4.78 is 16.1. The van der Waals surface area contributed by atoms with Crippen molar-refractivity contribution in [2.24, 2.45) is 35.0 Å². The lowest BCUT2D eigenvalue weighted by Gasteiger charge is -2.59. The topological polar surface area (TPSA) is 37.3 Å². The molecule has 0 radical (unpaired) electrons. The fourth-order valence-corrected chi connectivity index (χ4v) is 7.08. The van der Waals surface area contributed by atoms with Crippen molar-refractivity contribution in [1.82, 2.24) is 0 Å². The number of alkyl halides is 1. The van der Waals surface area contributed by atoms with Gasteiger partial charge in [0.25, 0.3) is 0 Å². The molecule has 0 aliphatic heterocycles. The van der Waals surface area contributed by atoms with E-state index in [0.29, 0.717) is 24.7 Å². The van der Waals surface area contributed by atoms with Crippen LogP contribution in [0.15, 0.2) is 0 Å².